The lowest BCUT2D eigenvalue weighted by Crippen LogP contribution is -2.40. The van der Waals surface area contributed by atoms with Gasteiger partial charge < -0.3 is 35.9 Å². The number of hydrogen-bond donors (Lipinski definition) is 3. The Hall–Kier alpha value is -3.50. The number of nitrogen functional groups attached to an aromatic ring is 1. The Morgan fingerprint density at radius 1 is 1.17 bits per heavy atom. The first kappa shape index (κ1) is 21.2. The number of alkyl carbamates (subject to hydrolysis) is 1. The molecule has 0 spiro atoms. The minimum Gasteiger partial charge on any atom is -0.493 e. The van der Waals surface area contributed by atoms with E-state index < -0.39 is 18.6 Å². The highest BCUT2D eigenvalue weighted by molar-refractivity contribution is 5.91. The molecule has 2 amide bonds. The van der Waals surface area contributed by atoms with Crippen LogP contribution in [0.5, 0.6) is 11.5 Å². The molecule has 0 radical (unpaired) electrons. The van der Waals surface area contributed by atoms with Gasteiger partial charge in [-0.25, -0.2) is 9.78 Å². The van der Waals surface area contributed by atoms with Gasteiger partial charge in [-0.1, -0.05) is 0 Å². The van der Waals surface area contributed by atoms with Gasteiger partial charge in [-0.15, -0.1) is 0 Å². The fourth-order valence-electron chi connectivity index (χ4n) is 3.36. The number of nitrogens with two attached hydrogens (primary N) is 2. The van der Waals surface area contributed by atoms with Crippen molar-refractivity contribution in [1.82, 2.24) is 15.3 Å². The summed E-state index contributed by atoms with van der Waals surface area (Å²) in [6, 6.07) is 3.55. The highest BCUT2D eigenvalue weighted by atomic mass is 16.6. The number of methoxy groups -OCH3 is 2. The highest BCUT2D eigenvalue weighted by Gasteiger charge is 2.23. The zero-order valence-corrected chi connectivity index (χ0v) is 17.0. The van der Waals surface area contributed by atoms with Crippen LogP contribution in [0.3, 0.4) is 0 Å². The predicted molar refractivity (Wildman–Crippen MR) is 111 cm³/mol. The molecule has 0 aliphatic carbocycles. The average molecular weight is 418 g/mol. The van der Waals surface area contributed by atoms with Gasteiger partial charge in [-0.3, -0.25) is 4.79 Å². The standard InChI is InChI=1S/C19H26N6O5/c1-28-14-7-12-13(8-15(14)29-2)23-18(24-17(12)21)25-5-3-11(4-6-25)9-22-19(27)30-10-16(20)26/h7-8,11H,3-6,9-10H2,1-2H3,(H2,20,26)(H,22,27)(H2,21,23,24). The summed E-state index contributed by atoms with van der Waals surface area (Å²) in [5.74, 6) is 1.66. The zero-order chi connectivity index (χ0) is 21.7. The van der Waals surface area contributed by atoms with Crippen LogP contribution < -0.4 is 31.2 Å². The summed E-state index contributed by atoms with van der Waals surface area (Å²) in [7, 11) is 3.13. The van der Waals surface area contributed by atoms with E-state index in [2.05, 4.69) is 24.9 Å². The molecular weight excluding hydrogens is 392 g/mol. The van der Waals surface area contributed by atoms with Crippen molar-refractivity contribution >= 4 is 34.7 Å². The van der Waals surface area contributed by atoms with E-state index in [0.29, 0.717) is 40.7 Å². The molecule has 1 aliphatic rings. The molecule has 1 fully saturated rings. The summed E-state index contributed by atoms with van der Waals surface area (Å²) in [4.78, 5) is 33.3. The largest absolute Gasteiger partial charge is 0.493 e. The fourth-order valence-corrected chi connectivity index (χ4v) is 3.36. The Bertz CT molecular complexity index is 929. The number of carbonyl (C=O) groups excluding carboxylic acids is 2. The SMILES string of the molecule is COc1cc2nc(N3CCC(CNC(=O)OCC(N)=O)CC3)nc(N)c2cc1OC. The first-order valence-corrected chi connectivity index (χ1v) is 9.54. The molecule has 11 nitrogen and oxygen atoms in total. The Labute approximate surface area is 173 Å². The molecule has 0 saturated carbocycles. The molecule has 2 aromatic rings. The van der Waals surface area contributed by atoms with Gasteiger partial charge in [0.1, 0.15) is 5.82 Å². The Kier molecular flexibility index (Phi) is 6.60. The van der Waals surface area contributed by atoms with E-state index >= 15 is 0 Å². The van der Waals surface area contributed by atoms with Crippen LogP contribution in [0.2, 0.25) is 0 Å². The third-order valence-corrected chi connectivity index (χ3v) is 5.00. The fraction of sp³-hybridized carbons (Fsp3) is 0.474. The molecule has 0 atom stereocenters. The van der Waals surface area contributed by atoms with Crippen molar-refractivity contribution in [2.75, 3.05) is 51.1 Å². The Balaban J connectivity index is 1.62. The Morgan fingerprint density at radius 3 is 2.47 bits per heavy atom. The predicted octanol–water partition coefficient (Wildman–Crippen LogP) is 0.657. The van der Waals surface area contributed by atoms with Crippen LogP contribution in [0.15, 0.2) is 12.1 Å². The van der Waals surface area contributed by atoms with Gasteiger partial charge >= 0.3 is 6.09 Å². The number of piperidine rings is 1. The average Bonchev–Trinajstić information content (AvgIpc) is 2.75. The van der Waals surface area contributed by atoms with Crippen molar-refractivity contribution in [3.63, 3.8) is 0 Å². The lowest BCUT2D eigenvalue weighted by Gasteiger charge is -2.32. The van der Waals surface area contributed by atoms with Crippen LogP contribution >= 0.6 is 0 Å². The highest BCUT2D eigenvalue weighted by Crippen LogP contribution is 2.34. The molecule has 3 rings (SSSR count). The molecule has 1 aromatic heterocycles. The van der Waals surface area contributed by atoms with Gasteiger partial charge in [0.25, 0.3) is 5.91 Å². The van der Waals surface area contributed by atoms with E-state index in [4.69, 9.17) is 20.9 Å². The lowest BCUT2D eigenvalue weighted by atomic mass is 9.97. The summed E-state index contributed by atoms with van der Waals surface area (Å²) in [5.41, 5.74) is 11.8. The van der Waals surface area contributed by atoms with Crippen molar-refractivity contribution < 1.29 is 23.8 Å². The smallest absolute Gasteiger partial charge is 0.407 e. The quantitative estimate of drug-likeness (QED) is 0.588. The van der Waals surface area contributed by atoms with E-state index in [1.807, 2.05) is 0 Å². The van der Waals surface area contributed by atoms with Gasteiger partial charge in [-0.2, -0.15) is 4.98 Å². The topological polar surface area (TPSA) is 155 Å². The number of benzene rings is 1. The van der Waals surface area contributed by atoms with E-state index in [9.17, 15) is 9.59 Å². The maximum Gasteiger partial charge on any atom is 0.407 e. The number of aromatic nitrogens is 2. The minimum absolute atomic E-state index is 0.282. The van der Waals surface area contributed by atoms with Crippen LogP contribution in [-0.4, -0.2) is 62.4 Å². The summed E-state index contributed by atoms with van der Waals surface area (Å²) in [5, 5.41) is 3.35. The zero-order valence-electron chi connectivity index (χ0n) is 17.0. The maximum absolute atomic E-state index is 11.5. The van der Waals surface area contributed by atoms with Crippen molar-refractivity contribution in [2.45, 2.75) is 12.8 Å². The molecule has 162 valence electrons. The molecule has 0 bridgehead atoms. The lowest BCUT2D eigenvalue weighted by molar-refractivity contribution is -0.120. The van der Waals surface area contributed by atoms with Crippen LogP contribution in [0.4, 0.5) is 16.6 Å². The molecule has 1 aromatic carbocycles. The summed E-state index contributed by atoms with van der Waals surface area (Å²) in [6.07, 6.45) is 1.03. The van der Waals surface area contributed by atoms with E-state index in [1.165, 1.54) is 0 Å². The third kappa shape index (κ3) is 4.91. The minimum atomic E-state index is -0.691. The first-order chi connectivity index (χ1) is 14.4. The van der Waals surface area contributed by atoms with Gasteiger partial charge in [0.2, 0.25) is 5.95 Å². The number of nitrogens with one attached hydrogen (secondary N) is 1. The monoisotopic (exact) mass is 418 g/mol. The van der Waals surface area contributed by atoms with Crippen molar-refractivity contribution in [1.29, 1.82) is 0 Å². The normalized spacial score (nSPS) is 14.4. The van der Waals surface area contributed by atoms with E-state index in [1.54, 1.807) is 26.4 Å². The molecule has 30 heavy (non-hydrogen) atoms. The van der Waals surface area contributed by atoms with Crippen LogP contribution in [0, 0.1) is 5.92 Å². The van der Waals surface area contributed by atoms with Crippen LogP contribution in [0.25, 0.3) is 10.9 Å². The van der Waals surface area contributed by atoms with Crippen molar-refractivity contribution in [3.05, 3.63) is 12.1 Å². The van der Waals surface area contributed by atoms with Crippen molar-refractivity contribution in [2.24, 2.45) is 11.7 Å². The molecular formula is C19H26N6O5. The van der Waals surface area contributed by atoms with Crippen molar-refractivity contribution in [3.8, 4) is 11.5 Å². The summed E-state index contributed by atoms with van der Waals surface area (Å²) in [6.45, 7) is 1.48. The number of fused-ring (bicyclic) bond motifs is 1. The van der Waals surface area contributed by atoms with Gasteiger partial charge in [0.15, 0.2) is 18.1 Å². The second-order valence-electron chi connectivity index (χ2n) is 6.99. The maximum atomic E-state index is 11.5. The first-order valence-electron chi connectivity index (χ1n) is 9.54. The number of primary amides is 1. The molecule has 1 aliphatic heterocycles. The van der Waals surface area contributed by atoms with Crippen LogP contribution in [0.1, 0.15) is 12.8 Å². The van der Waals surface area contributed by atoms with E-state index in [-0.39, 0.29) is 5.92 Å². The number of nitrogens with zero attached hydrogens (tertiary/aromatic N) is 3. The van der Waals surface area contributed by atoms with Gasteiger partial charge in [0, 0.05) is 31.1 Å². The molecule has 5 N–H and O–H groups in total. The Morgan fingerprint density at radius 2 is 1.83 bits per heavy atom. The number of carbonyl (C=O) groups is 2. The number of anilines is 2. The number of amides is 2. The number of hydrogen-bond acceptors (Lipinski definition) is 9. The van der Waals surface area contributed by atoms with Gasteiger partial charge in [-0.05, 0) is 24.8 Å². The molecule has 2 heterocycles. The second-order valence-corrected chi connectivity index (χ2v) is 6.99. The molecule has 11 heteroatoms. The van der Waals surface area contributed by atoms with E-state index in [0.717, 1.165) is 25.9 Å². The molecule has 1 saturated heterocycles. The van der Waals surface area contributed by atoms with Crippen LogP contribution in [-0.2, 0) is 9.53 Å². The summed E-state index contributed by atoms with van der Waals surface area (Å²) >= 11 is 0. The van der Waals surface area contributed by atoms with Gasteiger partial charge in [0.05, 0.1) is 19.7 Å². The summed E-state index contributed by atoms with van der Waals surface area (Å²) < 4.78 is 15.4. The third-order valence-electron chi connectivity index (χ3n) is 5.00. The second kappa shape index (κ2) is 9.33. The molecule has 0 unspecified atom stereocenters. The number of rotatable bonds is 7. The number of ether oxygens (including phenoxy) is 3.